The van der Waals surface area contributed by atoms with Crippen LogP contribution in [0.1, 0.15) is 6.92 Å². The highest BCUT2D eigenvalue weighted by Gasteiger charge is 2.14. The Bertz CT molecular complexity index is 157. The van der Waals surface area contributed by atoms with E-state index in [1.807, 2.05) is 0 Å². The summed E-state index contributed by atoms with van der Waals surface area (Å²) in [5.74, 6) is -1.05. The van der Waals surface area contributed by atoms with Gasteiger partial charge in [0.05, 0.1) is 13.7 Å². The lowest BCUT2D eigenvalue weighted by atomic mass is 10.3. The van der Waals surface area contributed by atoms with Crippen molar-refractivity contribution in [1.82, 2.24) is 5.32 Å². The van der Waals surface area contributed by atoms with Crippen molar-refractivity contribution >= 4 is 11.9 Å². The first-order valence-corrected chi connectivity index (χ1v) is 3.08. The van der Waals surface area contributed by atoms with E-state index in [0.29, 0.717) is 0 Å². The van der Waals surface area contributed by atoms with Gasteiger partial charge in [0.15, 0.2) is 6.10 Å². The third-order valence-corrected chi connectivity index (χ3v) is 1.02. The Hall–Kier alpha value is -1.10. The Morgan fingerprint density at radius 3 is 2.55 bits per heavy atom. The number of carbonyl (C=O) groups excluding carboxylic acids is 2. The van der Waals surface area contributed by atoms with Gasteiger partial charge in [-0.1, -0.05) is 0 Å². The first kappa shape index (κ1) is 9.90. The van der Waals surface area contributed by atoms with Crippen LogP contribution in [0, 0.1) is 0 Å². The second-order valence-electron chi connectivity index (χ2n) is 1.98. The number of rotatable bonds is 3. The fourth-order valence-electron chi connectivity index (χ4n) is 0.460. The van der Waals surface area contributed by atoms with Gasteiger partial charge in [0, 0.05) is 6.92 Å². The van der Waals surface area contributed by atoms with E-state index in [4.69, 9.17) is 5.11 Å². The number of hydrogen-bond donors (Lipinski definition) is 2. The van der Waals surface area contributed by atoms with Crippen molar-refractivity contribution in [3.05, 3.63) is 0 Å². The summed E-state index contributed by atoms with van der Waals surface area (Å²) < 4.78 is 4.20. The quantitative estimate of drug-likeness (QED) is 0.502. The molecule has 2 N–H and O–H groups in total. The number of methoxy groups -OCH3 is 1. The minimum atomic E-state index is -1.27. The van der Waals surface area contributed by atoms with Crippen molar-refractivity contribution in [2.75, 3.05) is 13.7 Å². The zero-order chi connectivity index (χ0) is 8.85. The number of nitrogens with one attached hydrogen (secondary N) is 1. The number of aliphatic hydroxyl groups excluding tert-OH is 1. The highest BCUT2D eigenvalue weighted by molar-refractivity contribution is 5.77. The Balaban J connectivity index is 3.60. The smallest absolute Gasteiger partial charge is 0.336 e. The lowest BCUT2D eigenvalue weighted by molar-refractivity contribution is -0.150. The molecule has 0 fully saturated rings. The van der Waals surface area contributed by atoms with Gasteiger partial charge in [0.2, 0.25) is 5.91 Å². The third-order valence-electron chi connectivity index (χ3n) is 1.02. The summed E-state index contributed by atoms with van der Waals surface area (Å²) in [4.78, 5) is 20.8. The number of ether oxygens (including phenoxy) is 1. The standard InChI is InChI=1S/C6H11NO4/c1-4(8)7-3-5(9)6(10)11-2/h5,9H,3H2,1-2H3,(H,7,8)/t5-/m1/s1. The zero-order valence-corrected chi connectivity index (χ0v) is 6.46. The molecule has 0 aliphatic carbocycles. The summed E-state index contributed by atoms with van der Waals surface area (Å²) in [6.45, 7) is 1.19. The molecule has 5 nitrogen and oxygen atoms in total. The predicted molar refractivity (Wildman–Crippen MR) is 36.7 cm³/mol. The van der Waals surface area contributed by atoms with Crippen molar-refractivity contribution < 1.29 is 19.4 Å². The lowest BCUT2D eigenvalue weighted by Crippen LogP contribution is -2.36. The second-order valence-corrected chi connectivity index (χ2v) is 1.98. The van der Waals surface area contributed by atoms with Crippen molar-refractivity contribution in [1.29, 1.82) is 0 Å². The largest absolute Gasteiger partial charge is 0.467 e. The van der Waals surface area contributed by atoms with Gasteiger partial charge in [-0.25, -0.2) is 4.79 Å². The molecule has 0 saturated carbocycles. The van der Waals surface area contributed by atoms with E-state index < -0.39 is 12.1 Å². The molecular formula is C6H11NO4. The van der Waals surface area contributed by atoms with E-state index in [9.17, 15) is 9.59 Å². The topological polar surface area (TPSA) is 75.6 Å². The average molecular weight is 161 g/mol. The van der Waals surface area contributed by atoms with Crippen molar-refractivity contribution in [2.45, 2.75) is 13.0 Å². The highest BCUT2D eigenvalue weighted by atomic mass is 16.5. The first-order chi connectivity index (χ1) is 5.07. The van der Waals surface area contributed by atoms with Gasteiger partial charge in [0.25, 0.3) is 0 Å². The molecule has 0 radical (unpaired) electrons. The van der Waals surface area contributed by atoms with Gasteiger partial charge < -0.3 is 15.2 Å². The SMILES string of the molecule is COC(=O)[C@H](O)CNC(C)=O. The Labute approximate surface area is 64.3 Å². The maximum absolute atomic E-state index is 10.5. The molecule has 11 heavy (non-hydrogen) atoms. The van der Waals surface area contributed by atoms with Crippen LogP contribution in [0.25, 0.3) is 0 Å². The Kier molecular flexibility index (Phi) is 4.21. The number of hydrogen-bond acceptors (Lipinski definition) is 4. The first-order valence-electron chi connectivity index (χ1n) is 3.08. The molecule has 0 spiro atoms. The second kappa shape index (κ2) is 4.68. The van der Waals surface area contributed by atoms with Gasteiger partial charge in [-0.3, -0.25) is 4.79 Å². The summed E-state index contributed by atoms with van der Waals surface area (Å²) in [7, 11) is 1.17. The molecule has 0 aliphatic rings. The highest BCUT2D eigenvalue weighted by Crippen LogP contribution is 1.83. The molecule has 0 bridgehead atoms. The minimum absolute atomic E-state index is 0.109. The monoisotopic (exact) mass is 161 g/mol. The maximum atomic E-state index is 10.5. The molecule has 0 aromatic rings. The summed E-state index contributed by atoms with van der Waals surface area (Å²) in [5.41, 5.74) is 0. The van der Waals surface area contributed by atoms with E-state index in [-0.39, 0.29) is 12.5 Å². The molecule has 0 rings (SSSR count). The molecule has 1 amide bonds. The van der Waals surface area contributed by atoms with Crippen LogP contribution in [-0.2, 0) is 14.3 Å². The molecule has 0 aromatic carbocycles. The van der Waals surface area contributed by atoms with Crippen LogP contribution in [0.2, 0.25) is 0 Å². The van der Waals surface area contributed by atoms with Gasteiger partial charge in [0.1, 0.15) is 0 Å². The van der Waals surface area contributed by atoms with Crippen LogP contribution in [0.15, 0.2) is 0 Å². The molecule has 0 aliphatic heterocycles. The zero-order valence-electron chi connectivity index (χ0n) is 6.46. The average Bonchev–Trinajstić information content (AvgIpc) is 1.98. The van der Waals surface area contributed by atoms with Gasteiger partial charge in [-0.05, 0) is 0 Å². The molecule has 1 atom stereocenters. The van der Waals surface area contributed by atoms with Gasteiger partial charge >= 0.3 is 5.97 Å². The molecule has 0 aromatic heterocycles. The fraction of sp³-hybridized carbons (Fsp3) is 0.667. The molecule has 64 valence electrons. The van der Waals surface area contributed by atoms with E-state index in [0.717, 1.165) is 0 Å². The maximum Gasteiger partial charge on any atom is 0.336 e. The number of aliphatic hydroxyl groups is 1. The molecule has 5 heteroatoms. The predicted octanol–water partition coefficient (Wildman–Crippen LogP) is -1.34. The minimum Gasteiger partial charge on any atom is -0.467 e. The third kappa shape index (κ3) is 4.32. The summed E-state index contributed by atoms with van der Waals surface area (Å²) in [5, 5.41) is 11.1. The van der Waals surface area contributed by atoms with Crippen LogP contribution in [0.5, 0.6) is 0 Å². The molecule has 0 saturated heterocycles. The van der Waals surface area contributed by atoms with Crippen LogP contribution < -0.4 is 5.32 Å². The fourth-order valence-corrected chi connectivity index (χ4v) is 0.460. The van der Waals surface area contributed by atoms with E-state index in [1.165, 1.54) is 14.0 Å². The number of carbonyl (C=O) groups is 2. The van der Waals surface area contributed by atoms with Crippen LogP contribution >= 0.6 is 0 Å². The molecular weight excluding hydrogens is 150 g/mol. The van der Waals surface area contributed by atoms with Crippen LogP contribution in [0.4, 0.5) is 0 Å². The summed E-state index contributed by atoms with van der Waals surface area (Å²) in [6.07, 6.45) is -1.27. The van der Waals surface area contributed by atoms with E-state index in [2.05, 4.69) is 10.1 Å². The summed E-state index contributed by atoms with van der Waals surface area (Å²) >= 11 is 0. The number of esters is 1. The van der Waals surface area contributed by atoms with Crippen LogP contribution in [0.3, 0.4) is 0 Å². The molecule has 0 unspecified atom stereocenters. The van der Waals surface area contributed by atoms with Gasteiger partial charge in [-0.15, -0.1) is 0 Å². The van der Waals surface area contributed by atoms with Crippen molar-refractivity contribution in [3.8, 4) is 0 Å². The Morgan fingerprint density at radius 2 is 2.18 bits per heavy atom. The molecule has 0 heterocycles. The van der Waals surface area contributed by atoms with E-state index >= 15 is 0 Å². The normalized spacial score (nSPS) is 11.9. The lowest BCUT2D eigenvalue weighted by Gasteiger charge is -2.07. The van der Waals surface area contributed by atoms with Crippen molar-refractivity contribution in [3.63, 3.8) is 0 Å². The van der Waals surface area contributed by atoms with Crippen molar-refractivity contribution in [2.24, 2.45) is 0 Å². The van der Waals surface area contributed by atoms with E-state index in [1.54, 1.807) is 0 Å². The Morgan fingerprint density at radius 1 is 1.64 bits per heavy atom. The van der Waals surface area contributed by atoms with Gasteiger partial charge in [-0.2, -0.15) is 0 Å². The van der Waals surface area contributed by atoms with Crippen LogP contribution in [-0.4, -0.2) is 36.7 Å². The number of amides is 1. The summed E-state index contributed by atoms with van der Waals surface area (Å²) in [6, 6.07) is 0.